The molecule has 5 fully saturated rings. The van der Waals surface area contributed by atoms with Gasteiger partial charge in [-0.05, 0) is 99.5 Å². The lowest BCUT2D eigenvalue weighted by atomic mass is 9.44. The molecule has 34 heavy (non-hydrogen) atoms. The zero-order valence-corrected chi connectivity index (χ0v) is 20.8. The molecule has 0 bridgehead atoms. The number of esters is 1. The van der Waals surface area contributed by atoms with Crippen LogP contribution in [0.15, 0.2) is 23.3 Å². The number of ether oxygens (including phenoxy) is 2. The second-order valence-electron chi connectivity index (χ2n) is 12.6. The van der Waals surface area contributed by atoms with Gasteiger partial charge >= 0.3 is 5.97 Å². The minimum Gasteiger partial charge on any atom is -0.457 e. The maximum atomic E-state index is 13.3. The number of aliphatic hydroxyl groups excluding tert-OH is 2. The molecule has 1 spiro atoms. The highest BCUT2D eigenvalue weighted by Gasteiger charge is 2.80. The summed E-state index contributed by atoms with van der Waals surface area (Å²) in [5, 5.41) is 22.0. The fourth-order valence-corrected chi connectivity index (χ4v) is 9.48. The molecule has 2 N–H and O–H groups in total. The van der Waals surface area contributed by atoms with Gasteiger partial charge in [0, 0.05) is 0 Å². The van der Waals surface area contributed by atoms with Crippen LogP contribution in [0.1, 0.15) is 66.2 Å². The quantitative estimate of drug-likeness (QED) is 0.372. The summed E-state index contributed by atoms with van der Waals surface area (Å²) in [5.74, 6) is 1.56. The van der Waals surface area contributed by atoms with Crippen molar-refractivity contribution in [2.45, 2.75) is 90.1 Å². The summed E-state index contributed by atoms with van der Waals surface area (Å²) in [6.45, 7) is 8.95. The van der Waals surface area contributed by atoms with E-state index < -0.39 is 23.2 Å². The normalized spacial score (nSPS) is 51.8. The van der Waals surface area contributed by atoms with Crippen molar-refractivity contribution in [3.05, 3.63) is 23.3 Å². The van der Waals surface area contributed by atoms with Gasteiger partial charge in [-0.15, -0.1) is 0 Å². The van der Waals surface area contributed by atoms with Gasteiger partial charge in [0.2, 0.25) is 0 Å². The molecule has 2 aliphatic heterocycles. The van der Waals surface area contributed by atoms with Crippen molar-refractivity contribution in [2.24, 2.45) is 40.4 Å². The second-order valence-corrected chi connectivity index (χ2v) is 12.6. The minimum absolute atomic E-state index is 0.0384. The third kappa shape index (κ3) is 2.68. The summed E-state index contributed by atoms with van der Waals surface area (Å²) in [6.07, 6.45) is 7.65. The SMILES string of the molecule is C/C(C[C@@H](O)[C@@H](C)[C@H]1CC[C@H]2[C@@H]3C[C@@H]4O[C@]45[C@@H](O)C=CC(=O)[C@]5(C)[C@H]3CC[C@]12C)=C1\COC1=O. The Morgan fingerprint density at radius 3 is 2.65 bits per heavy atom. The molecule has 6 rings (SSSR count). The number of epoxide rings is 1. The third-order valence-electron chi connectivity index (χ3n) is 11.6. The van der Waals surface area contributed by atoms with Gasteiger partial charge in [0.15, 0.2) is 5.78 Å². The Labute approximate surface area is 201 Å². The van der Waals surface area contributed by atoms with E-state index in [1.54, 1.807) is 12.2 Å². The van der Waals surface area contributed by atoms with Crippen LogP contribution in [-0.2, 0) is 19.1 Å². The molecule has 11 atom stereocenters. The Morgan fingerprint density at radius 2 is 1.97 bits per heavy atom. The van der Waals surface area contributed by atoms with E-state index in [2.05, 4.69) is 20.8 Å². The van der Waals surface area contributed by atoms with Crippen LogP contribution in [0.5, 0.6) is 0 Å². The Kier molecular flexibility index (Phi) is 4.90. The van der Waals surface area contributed by atoms with Crippen molar-refractivity contribution >= 4 is 11.8 Å². The lowest BCUT2D eigenvalue weighted by Crippen LogP contribution is -2.63. The fraction of sp³-hybridized carbons (Fsp3) is 0.786. The molecule has 6 nitrogen and oxygen atoms in total. The van der Waals surface area contributed by atoms with Crippen LogP contribution in [0.25, 0.3) is 0 Å². The van der Waals surface area contributed by atoms with Gasteiger partial charge in [-0.1, -0.05) is 19.4 Å². The lowest BCUT2D eigenvalue weighted by Gasteiger charge is -2.58. The Hall–Kier alpha value is -1.50. The summed E-state index contributed by atoms with van der Waals surface area (Å²) in [7, 11) is 0. The summed E-state index contributed by atoms with van der Waals surface area (Å²) >= 11 is 0. The number of carbonyl (C=O) groups excluding carboxylic acids is 2. The first-order chi connectivity index (χ1) is 16.1. The van der Waals surface area contributed by atoms with Crippen LogP contribution < -0.4 is 0 Å². The van der Waals surface area contributed by atoms with E-state index in [0.29, 0.717) is 30.8 Å². The summed E-state index contributed by atoms with van der Waals surface area (Å²) in [5.41, 5.74) is 0.418. The first-order valence-corrected chi connectivity index (χ1v) is 13.2. The molecule has 6 aliphatic rings. The number of allylic oxidation sites excluding steroid dienone is 1. The maximum Gasteiger partial charge on any atom is 0.337 e. The monoisotopic (exact) mass is 470 g/mol. The van der Waals surface area contributed by atoms with E-state index >= 15 is 0 Å². The van der Waals surface area contributed by atoms with Crippen molar-refractivity contribution in [2.75, 3.05) is 6.61 Å². The van der Waals surface area contributed by atoms with E-state index in [1.165, 1.54) is 0 Å². The predicted octanol–water partition coefficient (Wildman–Crippen LogP) is 3.35. The zero-order valence-electron chi connectivity index (χ0n) is 20.8. The smallest absolute Gasteiger partial charge is 0.337 e. The van der Waals surface area contributed by atoms with Crippen molar-refractivity contribution in [3.63, 3.8) is 0 Å². The molecule has 0 unspecified atom stereocenters. The number of ketones is 1. The highest BCUT2D eigenvalue weighted by Crippen LogP contribution is 2.73. The summed E-state index contributed by atoms with van der Waals surface area (Å²) in [4.78, 5) is 24.9. The molecule has 6 heteroatoms. The van der Waals surface area contributed by atoms with Gasteiger partial charge < -0.3 is 19.7 Å². The topological polar surface area (TPSA) is 96.4 Å². The first-order valence-electron chi connectivity index (χ1n) is 13.2. The molecular weight excluding hydrogens is 432 g/mol. The first kappa shape index (κ1) is 22.9. The number of aliphatic hydroxyl groups is 2. The van der Waals surface area contributed by atoms with Crippen molar-refractivity contribution < 1.29 is 29.3 Å². The van der Waals surface area contributed by atoms with Gasteiger partial charge in [-0.25, -0.2) is 4.79 Å². The highest BCUT2D eigenvalue weighted by atomic mass is 16.6. The zero-order chi connectivity index (χ0) is 24.2. The molecule has 0 aromatic rings. The van der Waals surface area contributed by atoms with Crippen molar-refractivity contribution in [3.8, 4) is 0 Å². The largest absolute Gasteiger partial charge is 0.457 e. The lowest BCUT2D eigenvalue weighted by molar-refractivity contribution is -0.151. The van der Waals surface area contributed by atoms with Crippen LogP contribution in [0.3, 0.4) is 0 Å². The Bertz CT molecular complexity index is 999. The van der Waals surface area contributed by atoms with E-state index in [1.807, 2.05) is 6.92 Å². The van der Waals surface area contributed by atoms with Gasteiger partial charge in [-0.3, -0.25) is 4.79 Å². The van der Waals surface area contributed by atoms with E-state index in [9.17, 15) is 19.8 Å². The minimum atomic E-state index is -0.719. The molecule has 0 radical (unpaired) electrons. The average Bonchev–Trinajstić information content (AvgIpc) is 3.42. The highest BCUT2D eigenvalue weighted by molar-refractivity contribution is 5.98. The van der Waals surface area contributed by atoms with Gasteiger partial charge in [-0.2, -0.15) is 0 Å². The molecular formula is C28H38O6. The Morgan fingerprint density at radius 1 is 1.21 bits per heavy atom. The van der Waals surface area contributed by atoms with Gasteiger partial charge in [0.1, 0.15) is 18.3 Å². The molecule has 0 amide bonds. The molecule has 3 saturated carbocycles. The number of hydrogen-bond acceptors (Lipinski definition) is 6. The summed E-state index contributed by atoms with van der Waals surface area (Å²) < 4.78 is 11.1. The predicted molar refractivity (Wildman–Crippen MR) is 124 cm³/mol. The molecule has 2 saturated heterocycles. The van der Waals surface area contributed by atoms with Gasteiger partial charge in [0.05, 0.1) is 23.2 Å². The number of cyclic esters (lactones) is 1. The van der Waals surface area contributed by atoms with Crippen LogP contribution in [0, 0.1) is 40.4 Å². The van der Waals surface area contributed by atoms with Crippen molar-refractivity contribution in [1.29, 1.82) is 0 Å². The number of fused-ring (bicyclic) bond motifs is 4. The number of carbonyl (C=O) groups is 2. The van der Waals surface area contributed by atoms with E-state index in [0.717, 1.165) is 43.3 Å². The second kappa shape index (κ2) is 7.27. The van der Waals surface area contributed by atoms with Crippen LogP contribution >= 0.6 is 0 Å². The summed E-state index contributed by atoms with van der Waals surface area (Å²) in [6, 6.07) is 0. The molecule has 4 aliphatic carbocycles. The van der Waals surface area contributed by atoms with Crippen molar-refractivity contribution in [1.82, 2.24) is 0 Å². The third-order valence-corrected chi connectivity index (χ3v) is 11.6. The van der Waals surface area contributed by atoms with E-state index in [4.69, 9.17) is 9.47 Å². The van der Waals surface area contributed by atoms with Crippen LogP contribution in [0.2, 0.25) is 0 Å². The number of hydrogen-bond donors (Lipinski definition) is 2. The van der Waals surface area contributed by atoms with E-state index in [-0.39, 0.29) is 35.1 Å². The van der Waals surface area contributed by atoms with Gasteiger partial charge in [0.25, 0.3) is 0 Å². The molecule has 0 aromatic carbocycles. The van der Waals surface area contributed by atoms with Crippen LogP contribution in [0.4, 0.5) is 0 Å². The fourth-order valence-electron chi connectivity index (χ4n) is 9.48. The Balaban J connectivity index is 1.24. The molecule has 2 heterocycles. The standard InChI is InChI=1S/C28H38O6/c1-14(17-13-33-25(17)32)11-21(29)15(2)18-5-6-19-16-12-24-28(34-24)23(31)8-7-22(30)27(28,4)20(16)9-10-26(18,19)3/h7-8,15-16,18-21,23-24,29,31H,5-6,9-13H2,1-4H3/b17-14-/t15-,16-,18+,19-,20-,21+,23-,24-,26+,27-,28+/m0/s1. The number of rotatable bonds is 4. The molecule has 0 aromatic heterocycles. The maximum absolute atomic E-state index is 13.3. The van der Waals surface area contributed by atoms with Crippen LogP contribution in [-0.4, -0.2) is 52.5 Å². The molecule has 186 valence electrons. The average molecular weight is 471 g/mol.